The Hall–Kier alpha value is -1.22. The molecule has 0 amide bonds. The van der Waals surface area contributed by atoms with Gasteiger partial charge in [0.05, 0.1) is 12.1 Å². The molecule has 0 atom stereocenters. The largest absolute Gasteiger partial charge is 0.491 e. The molecule has 0 fully saturated rings. The fourth-order valence-electron chi connectivity index (χ4n) is 0.922. The Bertz CT molecular complexity index is 323. The molecule has 0 heterocycles. The van der Waals surface area contributed by atoms with Gasteiger partial charge in [0.2, 0.25) is 0 Å². The second-order valence-electron chi connectivity index (χ2n) is 2.36. The van der Waals surface area contributed by atoms with E-state index in [-0.39, 0.29) is 0 Å². The number of ether oxygens (including phenoxy) is 2. The van der Waals surface area contributed by atoms with Gasteiger partial charge in [-0.2, -0.15) is 0 Å². The summed E-state index contributed by atoms with van der Waals surface area (Å²) in [6.45, 7) is 1.32. The van der Waals surface area contributed by atoms with E-state index in [4.69, 9.17) is 21.1 Å². The third-order valence-electron chi connectivity index (χ3n) is 1.39. The van der Waals surface area contributed by atoms with Crippen molar-refractivity contribution in [3.63, 3.8) is 0 Å². The SMILES string of the molecule is COc1c(Cl)cccc1OC(C)=O. The number of carbonyl (C=O) groups excluding carboxylic acids is 1. The first-order valence-corrected chi connectivity index (χ1v) is 4.04. The highest BCUT2D eigenvalue weighted by Crippen LogP contribution is 2.34. The molecule has 0 aliphatic rings. The summed E-state index contributed by atoms with van der Waals surface area (Å²) in [4.78, 5) is 10.7. The average molecular weight is 201 g/mol. The van der Waals surface area contributed by atoms with Gasteiger partial charge >= 0.3 is 5.97 Å². The summed E-state index contributed by atoms with van der Waals surface area (Å²) in [5.41, 5.74) is 0. The van der Waals surface area contributed by atoms with Gasteiger partial charge in [-0.25, -0.2) is 0 Å². The van der Waals surface area contributed by atoms with Gasteiger partial charge in [0.1, 0.15) is 0 Å². The van der Waals surface area contributed by atoms with Crippen LogP contribution in [0.1, 0.15) is 6.92 Å². The molecule has 4 heteroatoms. The smallest absolute Gasteiger partial charge is 0.308 e. The lowest BCUT2D eigenvalue weighted by atomic mass is 10.3. The number of halogens is 1. The monoisotopic (exact) mass is 200 g/mol. The minimum absolute atomic E-state index is 0.336. The van der Waals surface area contributed by atoms with Crippen LogP contribution >= 0.6 is 11.6 Å². The number of esters is 1. The van der Waals surface area contributed by atoms with E-state index < -0.39 is 5.97 Å². The zero-order valence-corrected chi connectivity index (χ0v) is 8.09. The highest BCUT2D eigenvalue weighted by molar-refractivity contribution is 6.32. The molecule has 0 saturated heterocycles. The van der Waals surface area contributed by atoms with Crippen LogP contribution in [-0.4, -0.2) is 13.1 Å². The molecule has 0 unspecified atom stereocenters. The summed E-state index contributed by atoms with van der Waals surface area (Å²) in [5, 5.41) is 0.418. The van der Waals surface area contributed by atoms with Gasteiger partial charge in [-0.05, 0) is 12.1 Å². The van der Waals surface area contributed by atoms with Crippen LogP contribution in [0, 0.1) is 0 Å². The van der Waals surface area contributed by atoms with Crippen LogP contribution in [0.15, 0.2) is 18.2 Å². The lowest BCUT2D eigenvalue weighted by Gasteiger charge is -2.08. The van der Waals surface area contributed by atoms with Crippen LogP contribution in [0.3, 0.4) is 0 Å². The first kappa shape index (κ1) is 9.86. The molecular weight excluding hydrogens is 192 g/mol. The summed E-state index contributed by atoms with van der Waals surface area (Å²) in [5.74, 6) is 0.308. The number of hydrogen-bond acceptors (Lipinski definition) is 3. The van der Waals surface area contributed by atoms with Crippen molar-refractivity contribution in [3.05, 3.63) is 23.2 Å². The van der Waals surface area contributed by atoms with Crippen molar-refractivity contribution in [2.45, 2.75) is 6.92 Å². The molecule has 0 spiro atoms. The topological polar surface area (TPSA) is 35.5 Å². The van der Waals surface area contributed by atoms with Crippen LogP contribution in [0.5, 0.6) is 11.5 Å². The molecule has 1 aromatic carbocycles. The Morgan fingerprint density at radius 2 is 2.15 bits per heavy atom. The molecule has 0 radical (unpaired) electrons. The van der Waals surface area contributed by atoms with Crippen molar-refractivity contribution in [1.29, 1.82) is 0 Å². The van der Waals surface area contributed by atoms with Crippen LogP contribution in [0.4, 0.5) is 0 Å². The molecule has 1 aromatic rings. The van der Waals surface area contributed by atoms with Gasteiger partial charge in [0.25, 0.3) is 0 Å². The molecule has 0 saturated carbocycles. The van der Waals surface area contributed by atoms with Crippen molar-refractivity contribution in [2.24, 2.45) is 0 Å². The van der Waals surface area contributed by atoms with E-state index in [1.807, 2.05) is 0 Å². The van der Waals surface area contributed by atoms with E-state index in [0.29, 0.717) is 16.5 Å². The molecule has 0 N–H and O–H groups in total. The van der Waals surface area contributed by atoms with Gasteiger partial charge < -0.3 is 9.47 Å². The van der Waals surface area contributed by atoms with E-state index in [1.54, 1.807) is 18.2 Å². The maximum absolute atomic E-state index is 10.7. The van der Waals surface area contributed by atoms with Crippen LogP contribution in [0.2, 0.25) is 5.02 Å². The first-order valence-electron chi connectivity index (χ1n) is 3.66. The Morgan fingerprint density at radius 1 is 1.46 bits per heavy atom. The molecule has 0 aliphatic heterocycles. The van der Waals surface area contributed by atoms with E-state index in [0.717, 1.165) is 0 Å². The van der Waals surface area contributed by atoms with Crippen LogP contribution in [0.25, 0.3) is 0 Å². The molecule has 0 aromatic heterocycles. The number of para-hydroxylation sites is 1. The second-order valence-corrected chi connectivity index (χ2v) is 2.77. The molecule has 3 nitrogen and oxygen atoms in total. The van der Waals surface area contributed by atoms with Crippen LogP contribution in [-0.2, 0) is 4.79 Å². The molecule has 13 heavy (non-hydrogen) atoms. The third kappa shape index (κ3) is 2.36. The van der Waals surface area contributed by atoms with Gasteiger partial charge in [-0.1, -0.05) is 17.7 Å². The Kier molecular flexibility index (Phi) is 3.14. The standard InChI is InChI=1S/C9H9ClO3/c1-6(11)13-8-5-3-4-7(10)9(8)12-2/h3-5H,1-2H3. The molecule has 0 bridgehead atoms. The highest BCUT2D eigenvalue weighted by Gasteiger charge is 2.09. The maximum atomic E-state index is 10.7. The normalized spacial score (nSPS) is 9.46. The number of rotatable bonds is 2. The molecule has 70 valence electrons. The number of hydrogen-bond donors (Lipinski definition) is 0. The summed E-state index contributed by atoms with van der Waals surface area (Å²) in [6, 6.07) is 4.96. The number of methoxy groups -OCH3 is 1. The zero-order valence-electron chi connectivity index (χ0n) is 7.33. The highest BCUT2D eigenvalue weighted by atomic mass is 35.5. The van der Waals surface area contributed by atoms with Crippen LogP contribution < -0.4 is 9.47 Å². The average Bonchev–Trinajstić information content (AvgIpc) is 2.03. The van der Waals surface area contributed by atoms with E-state index in [1.165, 1.54) is 14.0 Å². The van der Waals surface area contributed by atoms with Gasteiger partial charge in [-0.3, -0.25) is 4.79 Å². The summed E-state index contributed by atoms with van der Waals surface area (Å²) in [6.07, 6.45) is 0. The van der Waals surface area contributed by atoms with Crippen molar-refractivity contribution in [3.8, 4) is 11.5 Å². The minimum atomic E-state index is -0.402. The lowest BCUT2D eigenvalue weighted by molar-refractivity contribution is -0.132. The second kappa shape index (κ2) is 4.14. The number of carbonyl (C=O) groups is 1. The summed E-state index contributed by atoms with van der Waals surface area (Å²) >= 11 is 5.80. The fraction of sp³-hybridized carbons (Fsp3) is 0.222. The predicted octanol–water partition coefficient (Wildman–Crippen LogP) is 2.27. The van der Waals surface area contributed by atoms with Crippen molar-refractivity contribution >= 4 is 17.6 Å². The fourth-order valence-corrected chi connectivity index (χ4v) is 1.17. The molecule has 0 aliphatic carbocycles. The minimum Gasteiger partial charge on any atom is -0.491 e. The zero-order chi connectivity index (χ0) is 9.84. The first-order chi connectivity index (χ1) is 6.15. The Labute approximate surface area is 81.2 Å². The van der Waals surface area contributed by atoms with Gasteiger partial charge in [0, 0.05) is 6.92 Å². The summed E-state index contributed by atoms with van der Waals surface area (Å²) in [7, 11) is 1.47. The van der Waals surface area contributed by atoms with E-state index in [9.17, 15) is 4.79 Å². The van der Waals surface area contributed by atoms with Crippen molar-refractivity contribution < 1.29 is 14.3 Å². The Balaban J connectivity index is 3.05. The van der Waals surface area contributed by atoms with Gasteiger partial charge in [-0.15, -0.1) is 0 Å². The van der Waals surface area contributed by atoms with Crippen molar-refractivity contribution in [2.75, 3.05) is 7.11 Å². The quantitative estimate of drug-likeness (QED) is 0.543. The lowest BCUT2D eigenvalue weighted by Crippen LogP contribution is -2.02. The van der Waals surface area contributed by atoms with E-state index >= 15 is 0 Å². The number of benzene rings is 1. The third-order valence-corrected chi connectivity index (χ3v) is 1.69. The molecule has 1 rings (SSSR count). The molecular formula is C9H9ClO3. The summed E-state index contributed by atoms with van der Waals surface area (Å²) < 4.78 is 9.84. The maximum Gasteiger partial charge on any atom is 0.308 e. The Morgan fingerprint density at radius 3 is 2.69 bits per heavy atom. The van der Waals surface area contributed by atoms with Gasteiger partial charge in [0.15, 0.2) is 11.5 Å². The predicted molar refractivity (Wildman–Crippen MR) is 49.3 cm³/mol. The van der Waals surface area contributed by atoms with Crippen molar-refractivity contribution in [1.82, 2.24) is 0 Å². The van der Waals surface area contributed by atoms with E-state index in [2.05, 4.69) is 0 Å².